The molecule has 0 spiro atoms. The Labute approximate surface area is 90.4 Å². The standard InChI is InChI=1S/C12H17NS/c1-3-4-5-8-14-12-9-10(2)6-7-11(12)13/h3,6-7,9H,1,4-5,8,13H2,2H3. The smallest absolute Gasteiger partial charge is 0.0452 e. The molecule has 0 atom stereocenters. The highest BCUT2D eigenvalue weighted by Crippen LogP contribution is 2.26. The molecule has 1 rings (SSSR count). The highest BCUT2D eigenvalue weighted by atomic mass is 32.2. The Kier molecular flexibility index (Phi) is 4.60. The molecule has 1 aromatic rings. The van der Waals surface area contributed by atoms with Gasteiger partial charge in [-0.25, -0.2) is 0 Å². The van der Waals surface area contributed by atoms with Gasteiger partial charge in [-0.15, -0.1) is 18.3 Å². The van der Waals surface area contributed by atoms with Crippen LogP contribution in [0.5, 0.6) is 0 Å². The highest BCUT2D eigenvalue weighted by molar-refractivity contribution is 7.99. The van der Waals surface area contributed by atoms with E-state index in [2.05, 4.69) is 19.6 Å². The lowest BCUT2D eigenvalue weighted by molar-refractivity contribution is 0.974. The van der Waals surface area contributed by atoms with Crippen LogP contribution >= 0.6 is 11.8 Å². The first-order valence-electron chi connectivity index (χ1n) is 4.84. The number of allylic oxidation sites excluding steroid dienone is 1. The van der Waals surface area contributed by atoms with Gasteiger partial charge in [-0.1, -0.05) is 12.1 Å². The first-order chi connectivity index (χ1) is 6.74. The van der Waals surface area contributed by atoms with Gasteiger partial charge >= 0.3 is 0 Å². The normalized spacial score (nSPS) is 10.1. The SMILES string of the molecule is C=CCCCSc1cc(C)ccc1N. The lowest BCUT2D eigenvalue weighted by Crippen LogP contribution is -1.90. The molecule has 0 fully saturated rings. The Bertz CT molecular complexity index is 307. The Morgan fingerprint density at radius 2 is 2.29 bits per heavy atom. The Morgan fingerprint density at radius 1 is 1.50 bits per heavy atom. The molecule has 1 nitrogen and oxygen atoms in total. The first-order valence-corrected chi connectivity index (χ1v) is 5.82. The fourth-order valence-electron chi connectivity index (χ4n) is 1.18. The van der Waals surface area contributed by atoms with Gasteiger partial charge in [0.25, 0.3) is 0 Å². The van der Waals surface area contributed by atoms with Gasteiger partial charge in [0.05, 0.1) is 0 Å². The van der Waals surface area contributed by atoms with Gasteiger partial charge in [-0.2, -0.15) is 0 Å². The molecule has 14 heavy (non-hydrogen) atoms. The number of rotatable bonds is 5. The average Bonchev–Trinajstić information content (AvgIpc) is 2.18. The van der Waals surface area contributed by atoms with Crippen LogP contribution < -0.4 is 5.73 Å². The third-order valence-corrected chi connectivity index (χ3v) is 3.14. The molecule has 1 aromatic carbocycles. The number of nitrogens with two attached hydrogens (primary N) is 1. The van der Waals surface area contributed by atoms with Crippen LogP contribution in [0.4, 0.5) is 5.69 Å². The zero-order valence-corrected chi connectivity index (χ0v) is 9.44. The van der Waals surface area contributed by atoms with E-state index in [9.17, 15) is 0 Å². The van der Waals surface area contributed by atoms with Crippen molar-refractivity contribution in [3.63, 3.8) is 0 Å². The number of hydrogen-bond donors (Lipinski definition) is 1. The van der Waals surface area contributed by atoms with Crippen molar-refractivity contribution in [3.8, 4) is 0 Å². The van der Waals surface area contributed by atoms with Crippen LogP contribution in [0.2, 0.25) is 0 Å². The average molecular weight is 207 g/mol. The van der Waals surface area contributed by atoms with Gasteiger partial charge < -0.3 is 5.73 Å². The van der Waals surface area contributed by atoms with E-state index in [1.807, 2.05) is 30.0 Å². The van der Waals surface area contributed by atoms with Gasteiger partial charge in [0, 0.05) is 10.6 Å². The number of benzene rings is 1. The zero-order chi connectivity index (χ0) is 10.4. The van der Waals surface area contributed by atoms with Crippen molar-refractivity contribution in [2.45, 2.75) is 24.7 Å². The largest absolute Gasteiger partial charge is 0.398 e. The summed E-state index contributed by atoms with van der Waals surface area (Å²) in [6.45, 7) is 5.79. The lowest BCUT2D eigenvalue weighted by Gasteiger charge is -2.05. The Morgan fingerprint density at radius 3 is 3.00 bits per heavy atom. The summed E-state index contributed by atoms with van der Waals surface area (Å²) < 4.78 is 0. The predicted molar refractivity (Wildman–Crippen MR) is 65.7 cm³/mol. The van der Waals surface area contributed by atoms with Crippen molar-refractivity contribution < 1.29 is 0 Å². The Balaban J connectivity index is 2.49. The topological polar surface area (TPSA) is 26.0 Å². The summed E-state index contributed by atoms with van der Waals surface area (Å²) >= 11 is 1.83. The van der Waals surface area contributed by atoms with Crippen LogP contribution in [-0.2, 0) is 0 Å². The molecular formula is C12H17NS. The molecular weight excluding hydrogens is 190 g/mol. The second-order valence-corrected chi connectivity index (χ2v) is 4.46. The van der Waals surface area contributed by atoms with Gasteiger partial charge in [0.1, 0.15) is 0 Å². The second kappa shape index (κ2) is 5.76. The molecule has 0 aromatic heterocycles. The summed E-state index contributed by atoms with van der Waals surface area (Å²) in [5.41, 5.74) is 8.02. The molecule has 0 amide bonds. The summed E-state index contributed by atoms with van der Waals surface area (Å²) in [7, 11) is 0. The molecule has 0 aliphatic rings. The minimum Gasteiger partial charge on any atom is -0.398 e. The van der Waals surface area contributed by atoms with E-state index in [-0.39, 0.29) is 0 Å². The highest BCUT2D eigenvalue weighted by Gasteiger charge is 1.99. The monoisotopic (exact) mass is 207 g/mol. The number of nitrogen functional groups attached to an aromatic ring is 1. The Hall–Kier alpha value is -0.890. The number of aryl methyl sites for hydroxylation is 1. The maximum Gasteiger partial charge on any atom is 0.0452 e. The third-order valence-electron chi connectivity index (χ3n) is 1.98. The van der Waals surface area contributed by atoms with Crippen LogP contribution in [0, 0.1) is 6.92 Å². The molecule has 0 saturated heterocycles. The van der Waals surface area contributed by atoms with E-state index in [4.69, 9.17) is 5.73 Å². The van der Waals surface area contributed by atoms with E-state index in [0.717, 1.165) is 17.9 Å². The molecule has 0 heterocycles. The molecule has 76 valence electrons. The van der Waals surface area contributed by atoms with Gasteiger partial charge in [-0.3, -0.25) is 0 Å². The van der Waals surface area contributed by atoms with E-state index in [0.29, 0.717) is 0 Å². The predicted octanol–water partition coefficient (Wildman–Crippen LogP) is 3.64. The minimum absolute atomic E-state index is 0.888. The van der Waals surface area contributed by atoms with Gasteiger partial charge in [-0.05, 0) is 43.2 Å². The zero-order valence-electron chi connectivity index (χ0n) is 8.62. The minimum atomic E-state index is 0.888. The molecule has 0 aliphatic heterocycles. The van der Waals surface area contributed by atoms with Crippen molar-refractivity contribution in [2.75, 3.05) is 11.5 Å². The quantitative estimate of drug-likeness (QED) is 0.345. The first kappa shape index (κ1) is 11.2. The van der Waals surface area contributed by atoms with Crippen molar-refractivity contribution >= 4 is 17.4 Å². The molecule has 0 bridgehead atoms. The van der Waals surface area contributed by atoms with E-state index in [1.165, 1.54) is 16.9 Å². The van der Waals surface area contributed by atoms with Crippen LogP contribution in [0.1, 0.15) is 18.4 Å². The van der Waals surface area contributed by atoms with E-state index < -0.39 is 0 Å². The molecule has 0 saturated carbocycles. The molecule has 0 unspecified atom stereocenters. The molecule has 0 radical (unpaired) electrons. The molecule has 2 N–H and O–H groups in total. The number of unbranched alkanes of at least 4 members (excludes halogenated alkanes) is 1. The summed E-state index contributed by atoms with van der Waals surface area (Å²) in [5, 5.41) is 0. The lowest BCUT2D eigenvalue weighted by atomic mass is 10.2. The van der Waals surface area contributed by atoms with Crippen molar-refractivity contribution in [3.05, 3.63) is 36.4 Å². The number of anilines is 1. The summed E-state index contributed by atoms with van der Waals surface area (Å²) in [5.74, 6) is 1.11. The van der Waals surface area contributed by atoms with Crippen LogP contribution in [0.25, 0.3) is 0 Å². The maximum atomic E-state index is 5.86. The van der Waals surface area contributed by atoms with E-state index >= 15 is 0 Å². The van der Waals surface area contributed by atoms with Crippen molar-refractivity contribution in [1.29, 1.82) is 0 Å². The summed E-state index contributed by atoms with van der Waals surface area (Å²) in [6.07, 6.45) is 4.21. The van der Waals surface area contributed by atoms with Crippen LogP contribution in [-0.4, -0.2) is 5.75 Å². The second-order valence-electron chi connectivity index (χ2n) is 3.32. The fourth-order valence-corrected chi connectivity index (χ4v) is 2.21. The molecule has 2 heteroatoms. The van der Waals surface area contributed by atoms with Crippen molar-refractivity contribution in [2.24, 2.45) is 0 Å². The fraction of sp³-hybridized carbons (Fsp3) is 0.333. The van der Waals surface area contributed by atoms with Crippen LogP contribution in [0.3, 0.4) is 0 Å². The number of thioether (sulfide) groups is 1. The molecule has 0 aliphatic carbocycles. The van der Waals surface area contributed by atoms with Crippen LogP contribution in [0.15, 0.2) is 35.7 Å². The summed E-state index contributed by atoms with van der Waals surface area (Å²) in [4.78, 5) is 1.20. The summed E-state index contributed by atoms with van der Waals surface area (Å²) in [6, 6.07) is 6.17. The van der Waals surface area contributed by atoms with Gasteiger partial charge in [0.2, 0.25) is 0 Å². The van der Waals surface area contributed by atoms with Gasteiger partial charge in [0.15, 0.2) is 0 Å². The van der Waals surface area contributed by atoms with E-state index in [1.54, 1.807) is 0 Å². The third kappa shape index (κ3) is 3.46. The van der Waals surface area contributed by atoms with Crippen molar-refractivity contribution in [1.82, 2.24) is 0 Å². The number of hydrogen-bond acceptors (Lipinski definition) is 2. The maximum absolute atomic E-state index is 5.86.